The van der Waals surface area contributed by atoms with Crippen molar-refractivity contribution in [2.24, 2.45) is 0 Å². The molecule has 3 rings (SSSR count). The zero-order valence-electron chi connectivity index (χ0n) is 9.64. The minimum absolute atomic E-state index is 0.619. The number of fused-ring (bicyclic) bond motifs is 1. The highest BCUT2D eigenvalue weighted by Crippen LogP contribution is 2.21. The van der Waals surface area contributed by atoms with E-state index in [1.807, 2.05) is 54.7 Å². The van der Waals surface area contributed by atoms with Gasteiger partial charge in [-0.1, -0.05) is 18.2 Å². The van der Waals surface area contributed by atoms with Crippen LogP contribution in [0.15, 0.2) is 48.7 Å². The van der Waals surface area contributed by atoms with E-state index in [9.17, 15) is 5.26 Å². The number of allylic oxidation sites excluding steroid dienone is 1. The number of para-hydroxylation sites is 1. The van der Waals surface area contributed by atoms with Crippen molar-refractivity contribution in [3.05, 3.63) is 60.0 Å². The first-order valence-corrected chi connectivity index (χ1v) is 5.70. The lowest BCUT2D eigenvalue weighted by Gasteiger charge is -1.93. The fourth-order valence-corrected chi connectivity index (χ4v) is 1.98. The van der Waals surface area contributed by atoms with Gasteiger partial charge in [0.25, 0.3) is 0 Å². The topological polar surface area (TPSA) is 55.4 Å². The summed E-state index contributed by atoms with van der Waals surface area (Å²) in [5, 5.41) is 10.4. The van der Waals surface area contributed by atoms with E-state index in [-0.39, 0.29) is 0 Å². The van der Waals surface area contributed by atoms with Crippen molar-refractivity contribution in [2.45, 2.75) is 0 Å². The molecule has 0 amide bonds. The summed E-state index contributed by atoms with van der Waals surface area (Å²) in [5.74, 6) is 0. The molecule has 2 N–H and O–H groups in total. The van der Waals surface area contributed by atoms with Gasteiger partial charge in [-0.15, -0.1) is 0 Å². The highest BCUT2D eigenvalue weighted by atomic mass is 14.7. The van der Waals surface area contributed by atoms with E-state index >= 15 is 0 Å². The second-order valence-electron chi connectivity index (χ2n) is 4.07. The normalized spacial score (nSPS) is 11.6. The molecule has 0 aliphatic heterocycles. The quantitative estimate of drug-likeness (QED) is 0.653. The molecule has 3 aromatic rings. The maximum Gasteiger partial charge on any atom is 0.101 e. The zero-order valence-corrected chi connectivity index (χ0v) is 9.64. The van der Waals surface area contributed by atoms with Crippen LogP contribution in [0.1, 0.15) is 11.4 Å². The number of aromatic nitrogens is 2. The van der Waals surface area contributed by atoms with E-state index < -0.39 is 0 Å². The average Bonchev–Trinajstić information content (AvgIpc) is 3.04. The molecule has 0 radical (unpaired) electrons. The molecule has 0 fully saturated rings. The van der Waals surface area contributed by atoms with Crippen LogP contribution < -0.4 is 0 Å². The molecule has 3 heteroatoms. The molecule has 0 atom stereocenters. The molecule has 0 aliphatic carbocycles. The van der Waals surface area contributed by atoms with Crippen molar-refractivity contribution in [3.8, 4) is 6.07 Å². The first-order valence-electron chi connectivity index (χ1n) is 5.70. The van der Waals surface area contributed by atoms with Crippen LogP contribution in [0.25, 0.3) is 22.6 Å². The SMILES string of the molecule is N#C/C(=C\c1ccc[nH]1)c1cc2ccccc2[nH]1. The number of nitrogens with one attached hydrogen (secondary N) is 2. The summed E-state index contributed by atoms with van der Waals surface area (Å²) in [6, 6.07) is 16.1. The Morgan fingerprint density at radius 1 is 1.17 bits per heavy atom. The van der Waals surface area contributed by atoms with Gasteiger partial charge in [-0.3, -0.25) is 0 Å². The fourth-order valence-electron chi connectivity index (χ4n) is 1.98. The van der Waals surface area contributed by atoms with Crippen LogP contribution in [0, 0.1) is 11.3 Å². The van der Waals surface area contributed by atoms with Gasteiger partial charge in [0.1, 0.15) is 6.07 Å². The Bertz CT molecular complexity index is 706. The van der Waals surface area contributed by atoms with Crippen LogP contribution in [0.2, 0.25) is 0 Å². The van der Waals surface area contributed by atoms with Gasteiger partial charge in [-0.2, -0.15) is 5.26 Å². The molecule has 0 saturated carbocycles. The number of benzene rings is 1. The molecule has 2 heterocycles. The van der Waals surface area contributed by atoms with Crippen molar-refractivity contribution in [2.75, 3.05) is 0 Å². The minimum atomic E-state index is 0.619. The minimum Gasteiger partial charge on any atom is -0.362 e. The van der Waals surface area contributed by atoms with Crippen LogP contribution in [0.4, 0.5) is 0 Å². The average molecular weight is 233 g/mol. The Labute approximate surface area is 104 Å². The Hall–Kier alpha value is -2.73. The van der Waals surface area contributed by atoms with Crippen LogP contribution in [-0.4, -0.2) is 9.97 Å². The fraction of sp³-hybridized carbons (Fsp3) is 0. The largest absolute Gasteiger partial charge is 0.362 e. The standard InChI is InChI=1S/C15H11N3/c16-10-12(8-13-5-3-7-17-13)15-9-11-4-1-2-6-14(11)18-15/h1-9,17-18H/b12-8+. The monoisotopic (exact) mass is 233 g/mol. The molecule has 2 aromatic heterocycles. The smallest absolute Gasteiger partial charge is 0.101 e. The third-order valence-electron chi connectivity index (χ3n) is 2.86. The summed E-state index contributed by atoms with van der Waals surface area (Å²) in [6.07, 6.45) is 3.68. The Balaban J connectivity index is 2.09. The van der Waals surface area contributed by atoms with Gasteiger partial charge in [-0.25, -0.2) is 0 Å². The molecule has 18 heavy (non-hydrogen) atoms. The van der Waals surface area contributed by atoms with Crippen molar-refractivity contribution in [1.82, 2.24) is 9.97 Å². The van der Waals surface area contributed by atoms with E-state index in [2.05, 4.69) is 16.0 Å². The van der Waals surface area contributed by atoms with E-state index in [1.54, 1.807) is 0 Å². The van der Waals surface area contributed by atoms with Crippen LogP contribution in [0.3, 0.4) is 0 Å². The molecule has 0 bridgehead atoms. The highest BCUT2D eigenvalue weighted by Gasteiger charge is 2.05. The van der Waals surface area contributed by atoms with Crippen LogP contribution >= 0.6 is 0 Å². The Kier molecular flexibility index (Phi) is 2.47. The van der Waals surface area contributed by atoms with Gasteiger partial charge < -0.3 is 9.97 Å². The van der Waals surface area contributed by atoms with Gasteiger partial charge in [-0.05, 0) is 30.3 Å². The summed E-state index contributed by atoms with van der Waals surface area (Å²) in [4.78, 5) is 6.32. The van der Waals surface area contributed by atoms with Gasteiger partial charge >= 0.3 is 0 Å². The van der Waals surface area contributed by atoms with Gasteiger partial charge in [0.15, 0.2) is 0 Å². The predicted octanol–water partition coefficient (Wildman–Crippen LogP) is 3.56. The van der Waals surface area contributed by atoms with Crippen molar-refractivity contribution in [1.29, 1.82) is 5.26 Å². The van der Waals surface area contributed by atoms with Gasteiger partial charge in [0.05, 0.1) is 11.3 Å². The van der Waals surface area contributed by atoms with Crippen LogP contribution in [-0.2, 0) is 0 Å². The van der Waals surface area contributed by atoms with Crippen molar-refractivity contribution >= 4 is 22.6 Å². The van der Waals surface area contributed by atoms with Crippen molar-refractivity contribution in [3.63, 3.8) is 0 Å². The second-order valence-corrected chi connectivity index (χ2v) is 4.07. The van der Waals surface area contributed by atoms with Gasteiger partial charge in [0.2, 0.25) is 0 Å². The second kappa shape index (κ2) is 4.27. The number of nitrogens with zero attached hydrogens (tertiary/aromatic N) is 1. The lowest BCUT2D eigenvalue weighted by atomic mass is 10.1. The number of aromatic amines is 2. The highest BCUT2D eigenvalue weighted by molar-refractivity contribution is 5.93. The summed E-state index contributed by atoms with van der Waals surface area (Å²) >= 11 is 0. The molecule has 0 aliphatic rings. The summed E-state index contributed by atoms with van der Waals surface area (Å²) < 4.78 is 0. The maximum absolute atomic E-state index is 9.25. The Morgan fingerprint density at radius 2 is 2.06 bits per heavy atom. The molecule has 0 spiro atoms. The number of rotatable bonds is 2. The molecule has 1 aromatic carbocycles. The summed E-state index contributed by atoms with van der Waals surface area (Å²) in [7, 11) is 0. The third-order valence-corrected chi connectivity index (χ3v) is 2.86. The first-order chi connectivity index (χ1) is 8.86. The molecular weight excluding hydrogens is 222 g/mol. The van der Waals surface area contributed by atoms with E-state index in [4.69, 9.17) is 0 Å². The number of H-pyrrole nitrogens is 2. The lowest BCUT2D eigenvalue weighted by Crippen LogP contribution is -1.81. The third kappa shape index (κ3) is 1.80. The van der Waals surface area contributed by atoms with E-state index in [0.29, 0.717) is 5.57 Å². The maximum atomic E-state index is 9.25. The molecule has 3 nitrogen and oxygen atoms in total. The zero-order chi connectivity index (χ0) is 12.4. The van der Waals surface area contributed by atoms with Crippen LogP contribution in [0.5, 0.6) is 0 Å². The van der Waals surface area contributed by atoms with Crippen molar-refractivity contribution < 1.29 is 0 Å². The predicted molar refractivity (Wildman–Crippen MR) is 72.6 cm³/mol. The number of nitriles is 1. The Morgan fingerprint density at radius 3 is 2.78 bits per heavy atom. The van der Waals surface area contributed by atoms with E-state index in [0.717, 1.165) is 22.3 Å². The first kappa shape index (κ1) is 10.4. The summed E-state index contributed by atoms with van der Waals surface area (Å²) in [5.41, 5.74) is 3.42. The van der Waals surface area contributed by atoms with E-state index in [1.165, 1.54) is 0 Å². The molecule has 0 unspecified atom stereocenters. The number of hydrogen-bond donors (Lipinski definition) is 2. The summed E-state index contributed by atoms with van der Waals surface area (Å²) in [6.45, 7) is 0. The molecule has 86 valence electrons. The molecular formula is C15H11N3. The number of hydrogen-bond acceptors (Lipinski definition) is 1. The molecule has 0 saturated heterocycles. The van der Waals surface area contributed by atoms with Gasteiger partial charge in [0, 0.05) is 22.8 Å². The lowest BCUT2D eigenvalue weighted by molar-refractivity contribution is 1.37.